The Hall–Kier alpha value is -0.440. The molecule has 1 N–H and O–H groups in total. The predicted octanol–water partition coefficient (Wildman–Crippen LogP) is 2.24. The monoisotopic (exact) mass is 256 g/mol. The van der Waals surface area contributed by atoms with E-state index in [1.54, 1.807) is 0 Å². The minimum atomic E-state index is -6.35. The van der Waals surface area contributed by atoms with Gasteiger partial charge in [-0.1, -0.05) is 13.3 Å². The lowest BCUT2D eigenvalue weighted by Crippen LogP contribution is -2.52. The molecule has 0 aromatic rings. The van der Waals surface area contributed by atoms with E-state index < -0.39 is 33.9 Å². The van der Waals surface area contributed by atoms with Gasteiger partial charge in [0.25, 0.3) is 0 Å². The van der Waals surface area contributed by atoms with Crippen LogP contribution in [0.5, 0.6) is 0 Å². The van der Waals surface area contributed by atoms with Crippen molar-refractivity contribution >= 4 is 10.1 Å². The lowest BCUT2D eigenvalue weighted by atomic mass is 10.1. The summed E-state index contributed by atoms with van der Waals surface area (Å²) in [6.07, 6.45) is -4.43. The summed E-state index contributed by atoms with van der Waals surface area (Å²) in [5.41, 5.74) is 0. The molecule has 92 valence electrons. The van der Waals surface area contributed by atoms with Crippen molar-refractivity contribution in [1.82, 2.24) is 0 Å². The largest absolute Gasteiger partial charge is 0.434 e. The van der Waals surface area contributed by atoms with E-state index in [1.807, 2.05) is 0 Å². The second-order valence-electron chi connectivity index (χ2n) is 2.87. The third kappa shape index (κ3) is 2.57. The number of hydrogen-bond acceptors (Lipinski definition) is 2. The Balaban J connectivity index is 5.19. The van der Waals surface area contributed by atoms with Gasteiger partial charge in [-0.25, -0.2) is 4.39 Å². The van der Waals surface area contributed by atoms with Crippen LogP contribution in [-0.4, -0.2) is 30.3 Å². The minimum Gasteiger partial charge on any atom is -0.281 e. The maximum absolute atomic E-state index is 12.6. The van der Waals surface area contributed by atoms with Gasteiger partial charge < -0.3 is 0 Å². The molecule has 3 nitrogen and oxygen atoms in total. The summed E-state index contributed by atoms with van der Waals surface area (Å²) in [5, 5.41) is -5.82. The van der Waals surface area contributed by atoms with Gasteiger partial charge in [0.05, 0.1) is 0 Å². The molecule has 0 saturated carbocycles. The molecule has 0 amide bonds. The second kappa shape index (κ2) is 4.20. The summed E-state index contributed by atoms with van der Waals surface area (Å²) < 4.78 is 90.5. The van der Waals surface area contributed by atoms with Crippen LogP contribution in [0.4, 0.5) is 22.0 Å². The molecule has 0 aliphatic rings. The van der Waals surface area contributed by atoms with E-state index in [1.165, 1.54) is 6.92 Å². The first-order chi connectivity index (χ1) is 6.48. The number of hydrogen-bond donors (Lipinski definition) is 1. The lowest BCUT2D eigenvalue weighted by molar-refractivity contribution is -0.198. The molecule has 0 aromatic heterocycles. The van der Waals surface area contributed by atoms with Gasteiger partial charge in [0.15, 0.2) is 6.17 Å². The molecule has 0 aromatic carbocycles. The summed E-state index contributed by atoms with van der Waals surface area (Å²) in [4.78, 5) is 0. The van der Waals surface area contributed by atoms with Crippen molar-refractivity contribution in [2.45, 2.75) is 37.1 Å². The zero-order valence-electron chi connectivity index (χ0n) is 7.55. The van der Waals surface area contributed by atoms with E-state index in [-0.39, 0.29) is 6.42 Å². The van der Waals surface area contributed by atoms with Crippen molar-refractivity contribution in [3.8, 4) is 0 Å². The van der Waals surface area contributed by atoms with Crippen molar-refractivity contribution in [1.29, 1.82) is 0 Å². The number of rotatable bonds is 5. The molecular weight excluding hydrogens is 247 g/mol. The fraction of sp³-hybridized carbons (Fsp3) is 1.00. The van der Waals surface area contributed by atoms with E-state index in [2.05, 4.69) is 0 Å². The SMILES string of the molecule is CCCC(F)C(F)(F)C(F)(F)S(=O)(=O)O. The van der Waals surface area contributed by atoms with E-state index in [0.29, 0.717) is 0 Å². The van der Waals surface area contributed by atoms with Crippen molar-refractivity contribution in [3.63, 3.8) is 0 Å². The van der Waals surface area contributed by atoms with E-state index in [0.717, 1.165) is 0 Å². The van der Waals surface area contributed by atoms with E-state index in [4.69, 9.17) is 4.55 Å². The summed E-state index contributed by atoms with van der Waals surface area (Å²) in [6, 6.07) is 0. The average molecular weight is 256 g/mol. The van der Waals surface area contributed by atoms with Crippen LogP contribution in [0.2, 0.25) is 0 Å². The Morgan fingerprint density at radius 1 is 1.27 bits per heavy atom. The molecule has 0 fully saturated rings. The van der Waals surface area contributed by atoms with Gasteiger partial charge in [0, 0.05) is 0 Å². The molecule has 1 atom stereocenters. The molecule has 0 spiro atoms. The van der Waals surface area contributed by atoms with Gasteiger partial charge in [-0.15, -0.1) is 0 Å². The van der Waals surface area contributed by atoms with Gasteiger partial charge in [-0.05, 0) is 6.42 Å². The zero-order valence-corrected chi connectivity index (χ0v) is 8.37. The standard InChI is InChI=1S/C6H9F5O3S/c1-2-3-4(7)5(8,9)6(10,11)15(12,13)14/h4H,2-3H2,1H3,(H,12,13,14). The Morgan fingerprint density at radius 3 is 1.93 bits per heavy atom. The van der Waals surface area contributed by atoms with Gasteiger partial charge >= 0.3 is 21.3 Å². The first-order valence-corrected chi connectivity index (χ1v) is 5.29. The van der Waals surface area contributed by atoms with Crippen molar-refractivity contribution in [3.05, 3.63) is 0 Å². The molecule has 0 saturated heterocycles. The molecule has 0 rings (SSSR count). The molecule has 0 aliphatic heterocycles. The maximum Gasteiger partial charge on any atom is 0.434 e. The Bertz CT molecular complexity index is 313. The second-order valence-corrected chi connectivity index (χ2v) is 4.33. The van der Waals surface area contributed by atoms with Crippen LogP contribution >= 0.6 is 0 Å². The minimum absolute atomic E-state index is 0.168. The van der Waals surface area contributed by atoms with Crippen LogP contribution in [0.25, 0.3) is 0 Å². The quantitative estimate of drug-likeness (QED) is 0.606. The molecular formula is C6H9F5O3S. The normalized spacial score (nSPS) is 16.5. The first-order valence-electron chi connectivity index (χ1n) is 3.85. The van der Waals surface area contributed by atoms with E-state index in [9.17, 15) is 30.4 Å². The van der Waals surface area contributed by atoms with E-state index >= 15 is 0 Å². The van der Waals surface area contributed by atoms with Crippen LogP contribution in [0.3, 0.4) is 0 Å². The first kappa shape index (κ1) is 14.6. The fourth-order valence-electron chi connectivity index (χ4n) is 0.789. The van der Waals surface area contributed by atoms with Gasteiger partial charge in [-0.2, -0.15) is 26.0 Å². The van der Waals surface area contributed by atoms with Crippen molar-refractivity contribution in [2.24, 2.45) is 0 Å². The molecule has 0 heterocycles. The Kier molecular flexibility index (Phi) is 4.08. The van der Waals surface area contributed by atoms with Gasteiger partial charge in [0.1, 0.15) is 0 Å². The van der Waals surface area contributed by atoms with Crippen molar-refractivity contribution < 1.29 is 34.9 Å². The van der Waals surface area contributed by atoms with Crippen LogP contribution in [0.1, 0.15) is 19.8 Å². The third-order valence-corrected chi connectivity index (χ3v) is 2.57. The highest BCUT2D eigenvalue weighted by atomic mass is 32.2. The number of alkyl halides is 5. The summed E-state index contributed by atoms with van der Waals surface area (Å²) >= 11 is 0. The Morgan fingerprint density at radius 2 is 1.67 bits per heavy atom. The molecule has 0 aliphatic carbocycles. The summed E-state index contributed by atoms with van der Waals surface area (Å²) in [7, 11) is -6.35. The van der Waals surface area contributed by atoms with Crippen LogP contribution in [0, 0.1) is 0 Å². The predicted molar refractivity (Wildman–Crippen MR) is 41.2 cm³/mol. The Labute approximate surface area is 83.0 Å². The molecule has 0 bridgehead atoms. The van der Waals surface area contributed by atoms with Crippen molar-refractivity contribution in [2.75, 3.05) is 0 Å². The molecule has 9 heteroatoms. The highest BCUT2D eigenvalue weighted by molar-refractivity contribution is 7.87. The van der Waals surface area contributed by atoms with Crippen LogP contribution < -0.4 is 0 Å². The highest BCUT2D eigenvalue weighted by Crippen LogP contribution is 2.42. The topological polar surface area (TPSA) is 54.4 Å². The average Bonchev–Trinajstić information content (AvgIpc) is 2.02. The summed E-state index contributed by atoms with van der Waals surface area (Å²) in [6.45, 7) is 1.26. The lowest BCUT2D eigenvalue weighted by Gasteiger charge is -2.26. The third-order valence-electron chi connectivity index (χ3n) is 1.65. The molecule has 0 radical (unpaired) electrons. The van der Waals surface area contributed by atoms with Crippen LogP contribution in [-0.2, 0) is 10.1 Å². The number of halogens is 5. The highest BCUT2D eigenvalue weighted by Gasteiger charge is 2.69. The molecule has 1 unspecified atom stereocenters. The molecule has 15 heavy (non-hydrogen) atoms. The van der Waals surface area contributed by atoms with Gasteiger partial charge in [-0.3, -0.25) is 4.55 Å². The maximum atomic E-state index is 12.6. The fourth-order valence-corrected chi connectivity index (χ4v) is 1.26. The zero-order chi connectivity index (χ0) is 12.5. The summed E-state index contributed by atoms with van der Waals surface area (Å²) in [5.74, 6) is -5.45. The van der Waals surface area contributed by atoms with Gasteiger partial charge in [0.2, 0.25) is 0 Å². The smallest absolute Gasteiger partial charge is 0.281 e. The van der Waals surface area contributed by atoms with Crippen LogP contribution in [0.15, 0.2) is 0 Å².